The summed E-state index contributed by atoms with van der Waals surface area (Å²) in [6, 6.07) is 25.5. The molecule has 174 valence electrons. The second kappa shape index (κ2) is 11.6. The Morgan fingerprint density at radius 2 is 1.48 bits per heavy atom. The molecule has 0 heterocycles. The molecule has 0 unspecified atom stereocenters. The minimum Gasteiger partial charge on any atom is -0.493 e. The lowest BCUT2D eigenvalue weighted by Crippen LogP contribution is -2.40. The van der Waals surface area contributed by atoms with Crippen molar-refractivity contribution in [1.82, 2.24) is 4.90 Å². The largest absolute Gasteiger partial charge is 0.493 e. The minimum atomic E-state index is 0.333. The molecule has 1 aliphatic carbocycles. The summed E-state index contributed by atoms with van der Waals surface area (Å²) >= 11 is 6.10. The first-order chi connectivity index (χ1) is 16.1. The average molecular weight is 465 g/mol. The van der Waals surface area contributed by atoms with E-state index in [9.17, 15) is 0 Å². The smallest absolute Gasteiger partial charge is 0.161 e. The topological polar surface area (TPSA) is 47.7 Å². The van der Waals surface area contributed by atoms with E-state index in [1.807, 2.05) is 36.4 Å². The van der Waals surface area contributed by atoms with Gasteiger partial charge >= 0.3 is 0 Å². The Labute approximate surface area is 202 Å². The number of hydrogen-bond acceptors (Lipinski definition) is 4. The quantitative estimate of drug-likeness (QED) is 0.409. The summed E-state index contributed by atoms with van der Waals surface area (Å²) in [5, 5.41) is 0.768. The van der Waals surface area contributed by atoms with Crippen LogP contribution in [0, 0.1) is 0 Å². The van der Waals surface area contributed by atoms with Crippen LogP contribution in [0.3, 0.4) is 0 Å². The van der Waals surface area contributed by atoms with Gasteiger partial charge in [0.05, 0.1) is 7.11 Å². The van der Waals surface area contributed by atoms with Gasteiger partial charge in [-0.2, -0.15) is 0 Å². The maximum Gasteiger partial charge on any atom is 0.161 e. The molecule has 1 saturated carbocycles. The number of halogens is 1. The first-order valence-corrected chi connectivity index (χ1v) is 12.1. The van der Waals surface area contributed by atoms with E-state index in [2.05, 4.69) is 41.3 Å². The molecule has 0 aromatic heterocycles. The summed E-state index contributed by atoms with van der Waals surface area (Å²) in [5.74, 6) is 1.53. The number of nitrogens with two attached hydrogens (primary N) is 1. The van der Waals surface area contributed by atoms with E-state index >= 15 is 0 Å². The molecule has 3 aromatic carbocycles. The summed E-state index contributed by atoms with van der Waals surface area (Å²) in [4.78, 5) is 2.56. The number of hydrogen-bond donors (Lipinski definition) is 1. The summed E-state index contributed by atoms with van der Waals surface area (Å²) in [5.41, 5.74) is 9.79. The monoisotopic (exact) mass is 464 g/mol. The lowest BCUT2D eigenvalue weighted by molar-refractivity contribution is 0.134. The van der Waals surface area contributed by atoms with Crippen LogP contribution < -0.4 is 15.2 Å². The van der Waals surface area contributed by atoms with Crippen LogP contribution in [0.4, 0.5) is 0 Å². The Bertz CT molecular complexity index is 1000. The van der Waals surface area contributed by atoms with E-state index < -0.39 is 0 Å². The molecule has 4 rings (SSSR count). The molecule has 5 heteroatoms. The van der Waals surface area contributed by atoms with Gasteiger partial charge in [-0.15, -0.1) is 0 Å². The Hall–Kier alpha value is -2.53. The SMILES string of the molecule is COc1cc(CN(Cc2ccc(Cl)cc2)C2CCC(N)CC2)ccc1OCc1ccccc1. The molecule has 33 heavy (non-hydrogen) atoms. The Morgan fingerprint density at radius 3 is 2.18 bits per heavy atom. The van der Waals surface area contributed by atoms with Crippen LogP contribution in [0.15, 0.2) is 72.8 Å². The zero-order valence-corrected chi connectivity index (χ0v) is 20.0. The van der Waals surface area contributed by atoms with Crippen molar-refractivity contribution < 1.29 is 9.47 Å². The number of benzene rings is 3. The summed E-state index contributed by atoms with van der Waals surface area (Å²) in [6.45, 7) is 2.24. The van der Waals surface area contributed by atoms with E-state index in [4.69, 9.17) is 26.8 Å². The highest BCUT2D eigenvalue weighted by Gasteiger charge is 2.25. The van der Waals surface area contributed by atoms with Crippen molar-refractivity contribution in [3.63, 3.8) is 0 Å². The summed E-state index contributed by atoms with van der Waals surface area (Å²) < 4.78 is 11.7. The van der Waals surface area contributed by atoms with E-state index in [0.717, 1.165) is 60.9 Å². The number of methoxy groups -OCH3 is 1. The molecule has 0 spiro atoms. The molecule has 0 bridgehead atoms. The van der Waals surface area contributed by atoms with Crippen molar-refractivity contribution in [1.29, 1.82) is 0 Å². The van der Waals surface area contributed by atoms with Gasteiger partial charge in [0.2, 0.25) is 0 Å². The first-order valence-electron chi connectivity index (χ1n) is 11.7. The zero-order valence-electron chi connectivity index (χ0n) is 19.3. The van der Waals surface area contributed by atoms with Crippen molar-refractivity contribution in [2.75, 3.05) is 7.11 Å². The van der Waals surface area contributed by atoms with Gasteiger partial charge < -0.3 is 15.2 Å². The van der Waals surface area contributed by atoms with Crippen LogP contribution in [0.1, 0.15) is 42.4 Å². The molecule has 0 aliphatic heterocycles. The van der Waals surface area contributed by atoms with Gasteiger partial charge in [-0.1, -0.05) is 60.1 Å². The van der Waals surface area contributed by atoms with Crippen molar-refractivity contribution in [3.8, 4) is 11.5 Å². The summed E-state index contributed by atoms with van der Waals surface area (Å²) in [7, 11) is 1.70. The van der Waals surface area contributed by atoms with Crippen molar-refractivity contribution >= 4 is 11.6 Å². The molecular weight excluding hydrogens is 432 g/mol. The molecule has 2 N–H and O–H groups in total. The van der Waals surface area contributed by atoms with E-state index in [-0.39, 0.29) is 0 Å². The Morgan fingerprint density at radius 1 is 0.818 bits per heavy atom. The highest BCUT2D eigenvalue weighted by atomic mass is 35.5. The van der Waals surface area contributed by atoms with Crippen LogP contribution in [-0.4, -0.2) is 24.1 Å². The van der Waals surface area contributed by atoms with Gasteiger partial charge in [0.1, 0.15) is 6.61 Å². The Kier molecular flexibility index (Phi) is 8.27. The van der Waals surface area contributed by atoms with Crippen LogP contribution in [0.2, 0.25) is 5.02 Å². The predicted molar refractivity (Wildman–Crippen MR) is 135 cm³/mol. The fourth-order valence-corrected chi connectivity index (χ4v) is 4.63. The van der Waals surface area contributed by atoms with E-state index in [1.54, 1.807) is 7.11 Å². The van der Waals surface area contributed by atoms with Crippen LogP contribution in [0.25, 0.3) is 0 Å². The third kappa shape index (κ3) is 6.73. The fourth-order valence-electron chi connectivity index (χ4n) is 4.50. The van der Waals surface area contributed by atoms with Gasteiger partial charge in [-0.05, 0) is 66.6 Å². The molecule has 1 aliphatic rings. The molecule has 0 saturated heterocycles. The molecule has 4 nitrogen and oxygen atoms in total. The third-order valence-electron chi connectivity index (χ3n) is 6.41. The molecule has 0 radical (unpaired) electrons. The van der Waals surface area contributed by atoms with Gasteiger partial charge in [0.25, 0.3) is 0 Å². The van der Waals surface area contributed by atoms with E-state index in [0.29, 0.717) is 18.7 Å². The Balaban J connectivity index is 1.48. The molecule has 0 amide bonds. The molecule has 3 aromatic rings. The van der Waals surface area contributed by atoms with Crippen LogP contribution in [-0.2, 0) is 19.7 Å². The zero-order chi connectivity index (χ0) is 23.0. The predicted octanol–water partition coefficient (Wildman–Crippen LogP) is 6.20. The fraction of sp³-hybridized carbons (Fsp3) is 0.357. The first kappa shape index (κ1) is 23.6. The number of ether oxygens (including phenoxy) is 2. The average Bonchev–Trinajstić information content (AvgIpc) is 2.85. The second-order valence-electron chi connectivity index (χ2n) is 8.86. The van der Waals surface area contributed by atoms with Crippen LogP contribution in [0.5, 0.6) is 11.5 Å². The highest BCUT2D eigenvalue weighted by molar-refractivity contribution is 6.30. The van der Waals surface area contributed by atoms with Crippen molar-refractivity contribution in [2.45, 2.75) is 57.5 Å². The van der Waals surface area contributed by atoms with Gasteiger partial charge in [-0.25, -0.2) is 0 Å². The van der Waals surface area contributed by atoms with Crippen LogP contribution >= 0.6 is 11.6 Å². The summed E-state index contributed by atoms with van der Waals surface area (Å²) in [6.07, 6.45) is 4.42. The lowest BCUT2D eigenvalue weighted by atomic mass is 9.90. The third-order valence-corrected chi connectivity index (χ3v) is 6.66. The van der Waals surface area contributed by atoms with Gasteiger partial charge in [0, 0.05) is 30.2 Å². The minimum absolute atomic E-state index is 0.333. The molecule has 0 atom stereocenters. The normalized spacial score (nSPS) is 18.3. The molecule has 1 fully saturated rings. The molecular formula is C28H33ClN2O2. The maximum absolute atomic E-state index is 6.18. The second-order valence-corrected chi connectivity index (χ2v) is 9.30. The van der Waals surface area contributed by atoms with E-state index in [1.165, 1.54) is 11.1 Å². The van der Waals surface area contributed by atoms with Gasteiger partial charge in [-0.3, -0.25) is 4.90 Å². The lowest BCUT2D eigenvalue weighted by Gasteiger charge is -2.36. The number of nitrogens with zero attached hydrogens (tertiary/aromatic N) is 1. The van der Waals surface area contributed by atoms with Crippen molar-refractivity contribution in [2.24, 2.45) is 5.73 Å². The van der Waals surface area contributed by atoms with Gasteiger partial charge in [0.15, 0.2) is 11.5 Å². The van der Waals surface area contributed by atoms with Crippen molar-refractivity contribution in [3.05, 3.63) is 94.5 Å². The standard InChI is InChI=1S/C28H33ClN2O2/c1-32-28-17-23(9-16-27(28)33-20-22-5-3-2-4-6-22)19-31(26-14-12-25(30)13-15-26)18-21-7-10-24(29)11-8-21/h2-11,16-17,25-26H,12-15,18-20,30H2,1H3. The highest BCUT2D eigenvalue weighted by Crippen LogP contribution is 2.31. The maximum atomic E-state index is 6.18. The number of rotatable bonds is 9.